The van der Waals surface area contributed by atoms with Gasteiger partial charge in [0, 0.05) is 42.6 Å². The second-order valence-electron chi connectivity index (χ2n) is 16.5. The molecule has 2 spiro atoms. The molecule has 9 aliphatic rings. The van der Waals surface area contributed by atoms with Crippen molar-refractivity contribution in [2.45, 2.75) is 97.7 Å². The highest BCUT2D eigenvalue weighted by atomic mass is 16.5. The minimum absolute atomic E-state index is 0.0156. The van der Waals surface area contributed by atoms with Gasteiger partial charge in [-0.3, -0.25) is 4.90 Å². The number of phenolic OH excluding ortho intramolecular Hbond substituents is 1. The van der Waals surface area contributed by atoms with E-state index in [0.29, 0.717) is 25.0 Å². The molecule has 5 aliphatic carbocycles. The van der Waals surface area contributed by atoms with Crippen LogP contribution < -0.4 is 14.2 Å². The maximum atomic E-state index is 13.5. The Bertz CT molecular complexity index is 1970. The highest BCUT2D eigenvalue weighted by Crippen LogP contribution is 2.72. The SMILES string of the molecule is COc1ccc2c3c1O[C@H]1c4[nH]c5c(c4C[C@@]4(O)[C@@H](C2)N(CC2CC2)CC[C@]314)C[C@@]1(O)[C@H]2Cc3ccc(O)c4c3[C@@]1(CCN2C)[C@H]5O4. The molecule has 12 rings (SSSR count). The fraction of sp³-hybridized carbons (Fsp3) is 0.579. The Morgan fingerprint density at radius 1 is 0.851 bits per heavy atom. The summed E-state index contributed by atoms with van der Waals surface area (Å²) in [5.74, 6) is 2.91. The van der Waals surface area contributed by atoms with Crippen LogP contribution in [0.1, 0.15) is 82.7 Å². The number of hydrogen-bond donors (Lipinski definition) is 4. The lowest BCUT2D eigenvalue weighted by atomic mass is 9.47. The summed E-state index contributed by atoms with van der Waals surface area (Å²) in [6, 6.07) is 7.94. The molecule has 3 aromatic rings. The number of benzene rings is 2. The van der Waals surface area contributed by atoms with Gasteiger partial charge >= 0.3 is 0 Å². The van der Waals surface area contributed by atoms with Gasteiger partial charge in [-0.15, -0.1) is 0 Å². The summed E-state index contributed by atoms with van der Waals surface area (Å²) in [6.45, 7) is 2.83. The normalized spacial score (nSPS) is 40.9. The van der Waals surface area contributed by atoms with Gasteiger partial charge in [-0.1, -0.05) is 12.1 Å². The smallest absolute Gasteiger partial charge is 0.166 e. The van der Waals surface area contributed by atoms with Gasteiger partial charge in [-0.05, 0) is 99.0 Å². The van der Waals surface area contributed by atoms with Crippen LogP contribution in [0.15, 0.2) is 24.3 Å². The Labute approximate surface area is 273 Å². The zero-order valence-electron chi connectivity index (χ0n) is 26.9. The van der Waals surface area contributed by atoms with E-state index in [4.69, 9.17) is 14.2 Å². The fourth-order valence-corrected chi connectivity index (χ4v) is 12.8. The first-order chi connectivity index (χ1) is 22.7. The Hall–Kier alpha value is -3.24. The number of hydrogen-bond acceptors (Lipinski definition) is 8. The quantitative estimate of drug-likeness (QED) is 0.347. The molecule has 0 radical (unpaired) electrons. The number of ether oxygens (including phenoxy) is 3. The Morgan fingerprint density at radius 3 is 2.17 bits per heavy atom. The van der Waals surface area contributed by atoms with Crippen LogP contribution in [-0.2, 0) is 36.5 Å². The van der Waals surface area contributed by atoms with Gasteiger partial charge in [0.05, 0.1) is 40.5 Å². The van der Waals surface area contributed by atoms with Crippen molar-refractivity contribution < 1.29 is 29.5 Å². The molecule has 5 heterocycles. The predicted molar refractivity (Wildman–Crippen MR) is 170 cm³/mol. The molecule has 4 bridgehead atoms. The molecule has 0 unspecified atom stereocenters. The number of likely N-dealkylation sites (tertiary alicyclic amines) is 2. The standard InChI is InChI=1S/C38H41N3O6/c1-40-11-9-35-27-19-5-7-23(42)31(27)46-33(35)29-21(15-37(35,43)25(40)13-19)22-16-38(44)26-14-20-6-8-24(45-2)32-28(20)36(38,34(47-32)30(22)39-29)10-12-41(26)17-18-3-4-18/h5-8,18,25-26,33-34,39,42-44H,3-4,9-17H2,1-2H3/t25-,26-,33+,34+,35+,36+,37-,38-/m1/s1. The van der Waals surface area contributed by atoms with Crippen LogP contribution in [0.25, 0.3) is 0 Å². The van der Waals surface area contributed by atoms with E-state index in [1.54, 1.807) is 13.2 Å². The lowest BCUT2D eigenvalue weighted by Gasteiger charge is -2.63. The van der Waals surface area contributed by atoms with Gasteiger partial charge in [0.25, 0.3) is 0 Å². The van der Waals surface area contributed by atoms with E-state index in [0.717, 1.165) is 90.0 Å². The van der Waals surface area contributed by atoms with Crippen molar-refractivity contribution in [3.05, 3.63) is 69.0 Å². The van der Waals surface area contributed by atoms with Gasteiger partial charge in [-0.2, -0.15) is 0 Å². The molecular weight excluding hydrogens is 594 g/mol. The van der Waals surface area contributed by atoms with E-state index in [2.05, 4.69) is 27.9 Å². The number of H-pyrrole nitrogens is 1. The first-order valence-electron chi connectivity index (χ1n) is 17.7. The average Bonchev–Trinajstić information content (AvgIpc) is 3.55. The molecule has 47 heavy (non-hydrogen) atoms. The van der Waals surface area contributed by atoms with E-state index in [9.17, 15) is 15.3 Å². The Morgan fingerprint density at radius 2 is 1.47 bits per heavy atom. The second-order valence-corrected chi connectivity index (χ2v) is 16.5. The van der Waals surface area contributed by atoms with Crippen molar-refractivity contribution in [3.63, 3.8) is 0 Å². The van der Waals surface area contributed by atoms with Crippen molar-refractivity contribution in [2.24, 2.45) is 5.92 Å². The number of piperidine rings is 2. The third kappa shape index (κ3) is 2.65. The van der Waals surface area contributed by atoms with Crippen LogP contribution in [0.3, 0.4) is 0 Å². The van der Waals surface area contributed by atoms with Crippen LogP contribution in [0.4, 0.5) is 0 Å². The molecule has 1 aromatic heterocycles. The molecule has 4 N–H and O–H groups in total. The number of rotatable bonds is 3. The Kier molecular flexibility index (Phi) is 4.52. The molecule has 8 atom stereocenters. The van der Waals surface area contributed by atoms with Gasteiger partial charge in [0.1, 0.15) is 0 Å². The molecule has 1 saturated carbocycles. The molecule has 4 aliphatic heterocycles. The lowest BCUT2D eigenvalue weighted by Crippen LogP contribution is -2.75. The highest BCUT2D eigenvalue weighted by molar-refractivity contribution is 5.68. The molecule has 0 amide bonds. The number of aromatic hydroxyl groups is 1. The van der Waals surface area contributed by atoms with Crippen molar-refractivity contribution >= 4 is 0 Å². The maximum Gasteiger partial charge on any atom is 0.166 e. The fourth-order valence-electron chi connectivity index (χ4n) is 12.8. The van der Waals surface area contributed by atoms with Gasteiger partial charge in [-0.25, -0.2) is 0 Å². The van der Waals surface area contributed by atoms with E-state index < -0.39 is 34.2 Å². The third-order valence-electron chi connectivity index (χ3n) is 14.9. The molecule has 9 heteroatoms. The summed E-state index contributed by atoms with van der Waals surface area (Å²) < 4.78 is 19.9. The zero-order valence-corrected chi connectivity index (χ0v) is 26.9. The maximum absolute atomic E-state index is 13.5. The number of phenols is 1. The minimum atomic E-state index is -1.09. The lowest BCUT2D eigenvalue weighted by molar-refractivity contribution is -0.174. The zero-order chi connectivity index (χ0) is 31.4. The van der Waals surface area contributed by atoms with Crippen LogP contribution in [0.5, 0.6) is 23.0 Å². The molecule has 244 valence electrons. The predicted octanol–water partition coefficient (Wildman–Crippen LogP) is 3.35. The highest BCUT2D eigenvalue weighted by Gasteiger charge is 2.76. The number of methoxy groups -OCH3 is 1. The van der Waals surface area contributed by atoms with Gasteiger partial charge in [0.2, 0.25) is 0 Å². The summed E-state index contributed by atoms with van der Waals surface area (Å²) in [5, 5.41) is 37.8. The number of aromatic amines is 1. The topological polar surface area (TPSA) is 111 Å². The molecule has 2 aromatic carbocycles. The number of likely N-dealkylation sites (N-methyl/N-ethyl adjacent to an activating group) is 1. The van der Waals surface area contributed by atoms with E-state index in [-0.39, 0.29) is 17.8 Å². The average molecular weight is 636 g/mol. The largest absolute Gasteiger partial charge is 0.504 e. The Balaban J connectivity index is 1.10. The summed E-state index contributed by atoms with van der Waals surface area (Å²) in [7, 11) is 3.83. The number of fused-ring (bicyclic) bond motifs is 5. The molecule has 2 saturated heterocycles. The first-order valence-corrected chi connectivity index (χ1v) is 17.7. The van der Waals surface area contributed by atoms with E-state index in [1.165, 1.54) is 24.0 Å². The molecule has 3 fully saturated rings. The number of nitrogens with one attached hydrogen (secondary N) is 1. The first kappa shape index (κ1) is 26.7. The summed E-state index contributed by atoms with van der Waals surface area (Å²) in [5.41, 5.74) is 5.37. The van der Waals surface area contributed by atoms with Gasteiger partial charge < -0.3 is 39.4 Å². The van der Waals surface area contributed by atoms with Crippen LogP contribution in [0.2, 0.25) is 0 Å². The van der Waals surface area contributed by atoms with E-state index in [1.807, 2.05) is 12.1 Å². The summed E-state index contributed by atoms with van der Waals surface area (Å²) in [6.07, 6.45) is 5.74. The number of aromatic nitrogens is 1. The minimum Gasteiger partial charge on any atom is -0.504 e. The monoisotopic (exact) mass is 635 g/mol. The number of aliphatic hydroxyl groups is 2. The van der Waals surface area contributed by atoms with E-state index >= 15 is 0 Å². The van der Waals surface area contributed by atoms with Gasteiger partial charge in [0.15, 0.2) is 35.2 Å². The summed E-state index contributed by atoms with van der Waals surface area (Å²) in [4.78, 5) is 8.85. The van der Waals surface area contributed by atoms with Crippen LogP contribution in [-0.4, -0.2) is 87.2 Å². The second kappa shape index (κ2) is 7.96. The number of nitrogens with zero attached hydrogens (tertiary/aromatic N) is 2. The summed E-state index contributed by atoms with van der Waals surface area (Å²) >= 11 is 0. The van der Waals surface area contributed by atoms with Crippen molar-refractivity contribution in [2.75, 3.05) is 33.8 Å². The van der Waals surface area contributed by atoms with Crippen molar-refractivity contribution in [1.29, 1.82) is 0 Å². The van der Waals surface area contributed by atoms with Crippen molar-refractivity contribution in [3.8, 4) is 23.0 Å². The van der Waals surface area contributed by atoms with Crippen molar-refractivity contribution in [1.82, 2.24) is 14.8 Å². The molecule has 9 nitrogen and oxygen atoms in total. The van der Waals surface area contributed by atoms with Crippen LogP contribution in [0, 0.1) is 5.92 Å². The molecular formula is C38H41N3O6. The van der Waals surface area contributed by atoms with Crippen LogP contribution >= 0.6 is 0 Å². The third-order valence-corrected chi connectivity index (χ3v) is 14.9.